The van der Waals surface area contributed by atoms with Crippen LogP contribution in [0.2, 0.25) is 10.0 Å². The van der Waals surface area contributed by atoms with Crippen molar-refractivity contribution in [3.8, 4) is 16.9 Å². The highest BCUT2D eigenvalue weighted by molar-refractivity contribution is 6.33. The predicted molar refractivity (Wildman–Crippen MR) is 126 cm³/mol. The third-order valence-corrected chi connectivity index (χ3v) is 6.69. The number of nitrogen functional groups attached to an aromatic ring is 1. The molecule has 4 heterocycles. The summed E-state index contributed by atoms with van der Waals surface area (Å²) in [5.41, 5.74) is 9.38. The molecule has 7 nitrogen and oxygen atoms in total. The van der Waals surface area contributed by atoms with Crippen LogP contribution in [0.5, 0.6) is 5.75 Å². The summed E-state index contributed by atoms with van der Waals surface area (Å²) in [4.78, 5) is 8.92. The number of rotatable bonds is 5. The number of hydrogen-bond acceptors (Lipinski definition) is 7. The molecular formula is C24H23Cl2N3O4. The van der Waals surface area contributed by atoms with Crippen LogP contribution in [0.3, 0.4) is 0 Å². The molecule has 3 unspecified atom stereocenters. The number of aliphatic hydroxyl groups excluding tert-OH is 1. The number of nitrogens with zero attached hydrogens (tertiary/aromatic N) is 2. The van der Waals surface area contributed by atoms with Crippen LogP contribution in [-0.2, 0) is 9.47 Å². The van der Waals surface area contributed by atoms with Gasteiger partial charge in [0.05, 0.1) is 25.2 Å². The summed E-state index contributed by atoms with van der Waals surface area (Å²) in [5.74, 6) is 0.716. The number of fused-ring (bicyclic) bond motifs is 1. The molecule has 2 aromatic heterocycles. The van der Waals surface area contributed by atoms with Crippen molar-refractivity contribution in [2.24, 2.45) is 0 Å². The van der Waals surface area contributed by atoms with Gasteiger partial charge in [-0.25, -0.2) is 4.98 Å². The molecule has 3 N–H and O–H groups in total. The lowest BCUT2D eigenvalue weighted by Gasteiger charge is -2.18. The Morgan fingerprint density at radius 2 is 1.82 bits per heavy atom. The Morgan fingerprint density at radius 3 is 2.61 bits per heavy atom. The fourth-order valence-electron chi connectivity index (χ4n) is 4.32. The lowest BCUT2D eigenvalue weighted by molar-refractivity contribution is 0.0181. The molecule has 2 saturated heterocycles. The molecule has 2 aliphatic rings. The van der Waals surface area contributed by atoms with Gasteiger partial charge in [0, 0.05) is 44.8 Å². The van der Waals surface area contributed by atoms with Gasteiger partial charge in [-0.05, 0) is 37.3 Å². The van der Waals surface area contributed by atoms with Gasteiger partial charge in [-0.1, -0.05) is 29.3 Å². The first kappa shape index (κ1) is 22.4. The quantitative estimate of drug-likeness (QED) is 0.549. The summed E-state index contributed by atoms with van der Waals surface area (Å²) >= 11 is 12.4. The van der Waals surface area contributed by atoms with Crippen LogP contribution in [0.1, 0.15) is 30.2 Å². The van der Waals surface area contributed by atoms with Crippen LogP contribution in [0.4, 0.5) is 5.82 Å². The molecule has 2 aliphatic heterocycles. The maximum atomic E-state index is 9.96. The van der Waals surface area contributed by atoms with Crippen molar-refractivity contribution in [3.63, 3.8) is 0 Å². The molecule has 1 aromatic carbocycles. The number of aliphatic hydroxyl groups is 1. The molecule has 33 heavy (non-hydrogen) atoms. The Labute approximate surface area is 201 Å². The minimum absolute atomic E-state index is 0.00654. The summed E-state index contributed by atoms with van der Waals surface area (Å²) in [7, 11) is 0. The van der Waals surface area contributed by atoms with Gasteiger partial charge < -0.3 is 25.1 Å². The Morgan fingerprint density at radius 1 is 1.03 bits per heavy atom. The summed E-state index contributed by atoms with van der Waals surface area (Å²) in [6.07, 6.45) is 2.04. The summed E-state index contributed by atoms with van der Waals surface area (Å²) < 4.78 is 17.5. The van der Waals surface area contributed by atoms with Gasteiger partial charge in [-0.3, -0.25) is 4.98 Å². The Kier molecular flexibility index (Phi) is 6.16. The molecule has 0 aliphatic carbocycles. The van der Waals surface area contributed by atoms with E-state index in [9.17, 15) is 5.11 Å². The zero-order valence-corrected chi connectivity index (χ0v) is 19.3. The van der Waals surface area contributed by atoms with Crippen LogP contribution >= 0.6 is 23.2 Å². The first-order valence-corrected chi connectivity index (χ1v) is 11.4. The van der Waals surface area contributed by atoms with Crippen LogP contribution in [-0.4, -0.2) is 46.6 Å². The monoisotopic (exact) mass is 487 g/mol. The first-order valence-electron chi connectivity index (χ1n) is 10.7. The van der Waals surface area contributed by atoms with E-state index < -0.39 is 6.10 Å². The van der Waals surface area contributed by atoms with Crippen LogP contribution in [0.25, 0.3) is 11.1 Å². The van der Waals surface area contributed by atoms with Gasteiger partial charge in [0.2, 0.25) is 0 Å². The van der Waals surface area contributed by atoms with Gasteiger partial charge in [-0.2, -0.15) is 0 Å². The number of nitrogens with two attached hydrogens (primary N) is 1. The molecule has 0 spiro atoms. The summed E-state index contributed by atoms with van der Waals surface area (Å²) in [5, 5.41) is 11.1. The van der Waals surface area contributed by atoms with Crippen molar-refractivity contribution in [2.45, 2.75) is 37.3 Å². The van der Waals surface area contributed by atoms with Crippen LogP contribution < -0.4 is 10.5 Å². The SMILES string of the molecule is CC(Oc1cc(-c2ccc(C3COC4[C@@H]3OC[C@H]4O)nc2)cnc1N)c1cc(Cl)ccc1Cl. The summed E-state index contributed by atoms with van der Waals surface area (Å²) in [6, 6.07) is 11.0. The van der Waals surface area contributed by atoms with Gasteiger partial charge in [0.25, 0.3) is 0 Å². The topological polar surface area (TPSA) is 99.7 Å². The molecule has 0 saturated carbocycles. The molecular weight excluding hydrogens is 465 g/mol. The highest BCUT2D eigenvalue weighted by Gasteiger charge is 2.48. The average Bonchev–Trinajstić information content (AvgIpc) is 3.40. The average molecular weight is 488 g/mol. The van der Waals surface area contributed by atoms with Gasteiger partial charge in [-0.15, -0.1) is 0 Å². The number of pyridine rings is 2. The minimum Gasteiger partial charge on any atom is -0.482 e. The van der Waals surface area contributed by atoms with E-state index in [0.29, 0.717) is 29.0 Å². The van der Waals surface area contributed by atoms with Crippen molar-refractivity contribution in [2.75, 3.05) is 18.9 Å². The second-order valence-corrected chi connectivity index (χ2v) is 9.12. The van der Waals surface area contributed by atoms with Crippen LogP contribution in [0, 0.1) is 0 Å². The minimum atomic E-state index is -0.581. The van der Waals surface area contributed by atoms with Crippen molar-refractivity contribution in [3.05, 3.63) is 70.1 Å². The van der Waals surface area contributed by atoms with Gasteiger partial charge in [0.1, 0.15) is 18.3 Å². The highest BCUT2D eigenvalue weighted by atomic mass is 35.5. The largest absolute Gasteiger partial charge is 0.482 e. The molecule has 2 fully saturated rings. The van der Waals surface area contributed by atoms with Crippen LogP contribution in [0.15, 0.2) is 48.8 Å². The van der Waals surface area contributed by atoms with E-state index in [0.717, 1.165) is 22.4 Å². The molecule has 0 bridgehead atoms. The lowest BCUT2D eigenvalue weighted by atomic mass is 9.96. The fraction of sp³-hybridized carbons (Fsp3) is 0.333. The number of ether oxygens (including phenoxy) is 3. The standard InChI is InChI=1S/C24H23Cl2N3O4/c1-12(16-7-15(25)3-4-18(16)26)33-21-6-14(9-29-24(21)27)13-2-5-19(28-8-13)17-10-31-23-20(30)11-32-22(17)23/h2-9,12,17,20,22-23,30H,10-11H2,1H3,(H2,27,29)/t12?,17?,20-,22-,23?/m1/s1. The van der Waals surface area contributed by atoms with E-state index in [-0.39, 0.29) is 30.0 Å². The van der Waals surface area contributed by atoms with E-state index in [1.54, 1.807) is 30.6 Å². The maximum Gasteiger partial charge on any atom is 0.166 e. The molecule has 0 amide bonds. The number of benzene rings is 1. The Hall–Kier alpha value is -2.42. The predicted octanol–water partition coefficient (Wildman–Crippen LogP) is 4.41. The third kappa shape index (κ3) is 4.39. The number of halogens is 2. The van der Waals surface area contributed by atoms with E-state index in [1.165, 1.54) is 0 Å². The van der Waals surface area contributed by atoms with Crippen molar-refractivity contribution < 1.29 is 19.3 Å². The zero-order valence-electron chi connectivity index (χ0n) is 17.8. The second-order valence-electron chi connectivity index (χ2n) is 8.27. The van der Waals surface area contributed by atoms with Crippen molar-refractivity contribution in [1.29, 1.82) is 0 Å². The molecule has 0 radical (unpaired) electrons. The Balaban J connectivity index is 1.35. The highest BCUT2D eigenvalue weighted by Crippen LogP contribution is 2.38. The Bertz CT molecular complexity index is 1160. The van der Waals surface area contributed by atoms with Crippen molar-refractivity contribution >= 4 is 29.0 Å². The number of hydrogen-bond donors (Lipinski definition) is 2. The number of aromatic nitrogens is 2. The lowest BCUT2D eigenvalue weighted by Crippen LogP contribution is -2.28. The molecule has 5 atom stereocenters. The molecule has 9 heteroatoms. The van der Waals surface area contributed by atoms with E-state index in [2.05, 4.69) is 9.97 Å². The normalized spacial score (nSPS) is 25.1. The molecule has 5 rings (SSSR count). The van der Waals surface area contributed by atoms with Gasteiger partial charge >= 0.3 is 0 Å². The number of anilines is 1. The first-order chi connectivity index (χ1) is 15.9. The molecule has 172 valence electrons. The maximum absolute atomic E-state index is 9.96. The van der Waals surface area contributed by atoms with Gasteiger partial charge in [0.15, 0.2) is 11.6 Å². The summed E-state index contributed by atoms with van der Waals surface area (Å²) in [6.45, 7) is 2.64. The smallest absolute Gasteiger partial charge is 0.166 e. The third-order valence-electron chi connectivity index (χ3n) is 6.11. The van der Waals surface area contributed by atoms with E-state index in [4.69, 9.17) is 43.1 Å². The zero-order chi connectivity index (χ0) is 23.1. The van der Waals surface area contributed by atoms with E-state index >= 15 is 0 Å². The van der Waals surface area contributed by atoms with E-state index in [1.807, 2.05) is 25.1 Å². The second kappa shape index (κ2) is 9.08. The molecule has 3 aromatic rings. The van der Waals surface area contributed by atoms with Crippen molar-refractivity contribution in [1.82, 2.24) is 9.97 Å². The fourth-order valence-corrected chi connectivity index (χ4v) is 4.77.